The van der Waals surface area contributed by atoms with Crippen molar-refractivity contribution in [1.82, 2.24) is 4.90 Å². The smallest absolute Gasteiger partial charge is 0.226 e. The van der Waals surface area contributed by atoms with Crippen LogP contribution in [0.3, 0.4) is 0 Å². The zero-order chi connectivity index (χ0) is 12.0. The van der Waals surface area contributed by atoms with Gasteiger partial charge in [-0.1, -0.05) is 24.3 Å². The molecule has 2 fully saturated rings. The molecular formula is C14H17NO2. The Balaban J connectivity index is 1.69. The van der Waals surface area contributed by atoms with E-state index in [0.717, 1.165) is 13.1 Å². The van der Waals surface area contributed by atoms with E-state index in [1.807, 2.05) is 17.0 Å². The van der Waals surface area contributed by atoms with Gasteiger partial charge in [-0.05, 0) is 29.9 Å². The van der Waals surface area contributed by atoms with Gasteiger partial charge in [-0.3, -0.25) is 4.79 Å². The highest BCUT2D eigenvalue weighted by Crippen LogP contribution is 2.52. The van der Waals surface area contributed by atoms with Gasteiger partial charge >= 0.3 is 0 Å². The van der Waals surface area contributed by atoms with Gasteiger partial charge in [-0.15, -0.1) is 0 Å². The monoisotopic (exact) mass is 231 g/mol. The van der Waals surface area contributed by atoms with Crippen LogP contribution in [0, 0.1) is 24.7 Å². The highest BCUT2D eigenvalue weighted by molar-refractivity contribution is 5.85. The summed E-state index contributed by atoms with van der Waals surface area (Å²) in [7, 11) is 0. The Morgan fingerprint density at radius 2 is 2.18 bits per heavy atom. The Morgan fingerprint density at radius 3 is 2.76 bits per heavy atom. The van der Waals surface area contributed by atoms with Crippen LogP contribution in [0.25, 0.3) is 0 Å². The van der Waals surface area contributed by atoms with E-state index in [9.17, 15) is 4.79 Å². The number of amides is 1. The highest BCUT2D eigenvalue weighted by Gasteiger charge is 2.60. The lowest BCUT2D eigenvalue weighted by molar-refractivity contribution is -0.131. The van der Waals surface area contributed by atoms with Crippen LogP contribution >= 0.6 is 0 Å². The van der Waals surface area contributed by atoms with Gasteiger partial charge in [0.1, 0.15) is 0 Å². The molecular weight excluding hydrogens is 214 g/mol. The molecule has 1 saturated carbocycles. The Morgan fingerprint density at radius 1 is 1.41 bits per heavy atom. The summed E-state index contributed by atoms with van der Waals surface area (Å²) in [5, 5.41) is 9.08. The molecule has 0 bridgehead atoms. The summed E-state index contributed by atoms with van der Waals surface area (Å²) in [6.45, 7) is 3.78. The van der Waals surface area contributed by atoms with E-state index in [4.69, 9.17) is 5.11 Å². The summed E-state index contributed by atoms with van der Waals surface area (Å²) >= 11 is 0. The lowest BCUT2D eigenvalue weighted by Gasteiger charge is -2.20. The minimum Gasteiger partial charge on any atom is -0.396 e. The van der Waals surface area contributed by atoms with Crippen LogP contribution in [0.2, 0.25) is 0 Å². The number of aryl methyl sites for hydroxylation is 1. The maximum Gasteiger partial charge on any atom is 0.226 e. The predicted octanol–water partition coefficient (Wildman–Crippen LogP) is 1.19. The molecule has 90 valence electrons. The average molecular weight is 231 g/mol. The largest absolute Gasteiger partial charge is 0.396 e. The van der Waals surface area contributed by atoms with Crippen LogP contribution in [-0.2, 0) is 11.3 Å². The number of hydrogen-bond donors (Lipinski definition) is 1. The van der Waals surface area contributed by atoms with E-state index < -0.39 is 0 Å². The van der Waals surface area contributed by atoms with Crippen molar-refractivity contribution < 1.29 is 9.90 Å². The zero-order valence-electron chi connectivity index (χ0n) is 9.97. The molecule has 1 saturated heterocycles. The molecule has 0 aromatic heterocycles. The van der Waals surface area contributed by atoms with Gasteiger partial charge in [0.2, 0.25) is 5.91 Å². The second kappa shape index (κ2) is 3.84. The molecule has 0 spiro atoms. The number of hydrogen-bond acceptors (Lipinski definition) is 2. The van der Waals surface area contributed by atoms with Crippen molar-refractivity contribution >= 4 is 5.91 Å². The van der Waals surface area contributed by atoms with Gasteiger partial charge < -0.3 is 10.0 Å². The lowest BCUT2D eigenvalue weighted by atomic mass is 10.1. The first-order valence-corrected chi connectivity index (χ1v) is 6.16. The molecule has 1 N–H and O–H groups in total. The zero-order valence-corrected chi connectivity index (χ0v) is 9.97. The Labute approximate surface area is 101 Å². The van der Waals surface area contributed by atoms with Crippen LogP contribution in [0.5, 0.6) is 0 Å². The van der Waals surface area contributed by atoms with E-state index in [-0.39, 0.29) is 24.3 Å². The third kappa shape index (κ3) is 1.65. The molecule has 3 rings (SSSR count). The first kappa shape index (κ1) is 10.8. The molecule has 3 unspecified atom stereocenters. The molecule has 0 radical (unpaired) electrons. The number of carbonyl (C=O) groups is 1. The maximum atomic E-state index is 12.0. The van der Waals surface area contributed by atoms with E-state index in [0.29, 0.717) is 5.92 Å². The lowest BCUT2D eigenvalue weighted by Crippen LogP contribution is -2.30. The minimum absolute atomic E-state index is 0.115. The number of fused-ring (bicyclic) bond motifs is 1. The molecule has 3 nitrogen and oxygen atoms in total. The fourth-order valence-corrected chi connectivity index (χ4v) is 3.00. The van der Waals surface area contributed by atoms with Crippen molar-refractivity contribution in [1.29, 1.82) is 0 Å². The molecule has 1 amide bonds. The van der Waals surface area contributed by atoms with Crippen LogP contribution in [0.4, 0.5) is 0 Å². The number of nitrogens with zero attached hydrogens (tertiary/aromatic N) is 1. The SMILES string of the molecule is Cc1ccccc1CN1CC2C(CO)C2C1=O. The number of benzene rings is 1. The fraction of sp³-hybridized carbons (Fsp3) is 0.500. The van der Waals surface area contributed by atoms with Gasteiger partial charge in [0.15, 0.2) is 0 Å². The fourth-order valence-electron chi connectivity index (χ4n) is 3.00. The third-order valence-electron chi connectivity index (χ3n) is 4.19. The Bertz CT molecular complexity index is 457. The molecule has 2 aliphatic rings. The third-order valence-corrected chi connectivity index (χ3v) is 4.19. The molecule has 3 heteroatoms. The van der Waals surface area contributed by atoms with Crippen molar-refractivity contribution in [2.24, 2.45) is 17.8 Å². The quantitative estimate of drug-likeness (QED) is 0.849. The standard InChI is InChI=1S/C14H17NO2/c1-9-4-2-3-5-10(9)6-15-7-11-12(8-16)13(11)14(15)17/h2-5,11-13,16H,6-8H2,1H3. The number of rotatable bonds is 3. The molecule has 1 aliphatic heterocycles. The summed E-state index contributed by atoms with van der Waals surface area (Å²) in [6, 6.07) is 8.19. The number of likely N-dealkylation sites (tertiary alicyclic amines) is 1. The van der Waals surface area contributed by atoms with Crippen molar-refractivity contribution in [2.45, 2.75) is 13.5 Å². The van der Waals surface area contributed by atoms with Gasteiger partial charge in [-0.2, -0.15) is 0 Å². The number of piperidine rings is 1. The van der Waals surface area contributed by atoms with Gasteiger partial charge in [0, 0.05) is 25.6 Å². The van der Waals surface area contributed by atoms with Crippen LogP contribution < -0.4 is 0 Å². The van der Waals surface area contributed by atoms with Crippen LogP contribution in [0.15, 0.2) is 24.3 Å². The summed E-state index contributed by atoms with van der Waals surface area (Å²) < 4.78 is 0. The van der Waals surface area contributed by atoms with Crippen LogP contribution in [0.1, 0.15) is 11.1 Å². The normalized spacial score (nSPS) is 30.6. The van der Waals surface area contributed by atoms with Crippen molar-refractivity contribution in [3.05, 3.63) is 35.4 Å². The van der Waals surface area contributed by atoms with E-state index >= 15 is 0 Å². The molecule has 1 aromatic carbocycles. The first-order chi connectivity index (χ1) is 8.22. The van der Waals surface area contributed by atoms with Crippen molar-refractivity contribution in [3.8, 4) is 0 Å². The van der Waals surface area contributed by atoms with E-state index in [1.165, 1.54) is 11.1 Å². The maximum absolute atomic E-state index is 12.0. The number of carbonyl (C=O) groups excluding carboxylic acids is 1. The van der Waals surface area contributed by atoms with Gasteiger partial charge in [-0.25, -0.2) is 0 Å². The summed E-state index contributed by atoms with van der Waals surface area (Å²) in [4.78, 5) is 14.0. The molecule has 1 aliphatic carbocycles. The van der Waals surface area contributed by atoms with Crippen LogP contribution in [-0.4, -0.2) is 29.1 Å². The van der Waals surface area contributed by atoms with E-state index in [1.54, 1.807) is 0 Å². The van der Waals surface area contributed by atoms with E-state index in [2.05, 4.69) is 19.1 Å². The topological polar surface area (TPSA) is 40.5 Å². The molecule has 3 atom stereocenters. The van der Waals surface area contributed by atoms with Crippen molar-refractivity contribution in [2.75, 3.05) is 13.2 Å². The summed E-state index contributed by atoms with van der Waals surface area (Å²) in [5.41, 5.74) is 2.46. The molecule has 1 aromatic rings. The number of aliphatic hydroxyl groups is 1. The number of aliphatic hydroxyl groups excluding tert-OH is 1. The summed E-state index contributed by atoms with van der Waals surface area (Å²) in [5.74, 6) is 1.01. The van der Waals surface area contributed by atoms with Gasteiger partial charge in [0.05, 0.1) is 0 Å². The van der Waals surface area contributed by atoms with Gasteiger partial charge in [0.25, 0.3) is 0 Å². The summed E-state index contributed by atoms with van der Waals surface area (Å²) in [6.07, 6.45) is 0. The highest BCUT2D eigenvalue weighted by atomic mass is 16.3. The second-order valence-electron chi connectivity index (χ2n) is 5.18. The average Bonchev–Trinajstić information content (AvgIpc) is 2.94. The second-order valence-corrected chi connectivity index (χ2v) is 5.18. The molecule has 17 heavy (non-hydrogen) atoms. The minimum atomic E-state index is 0.115. The molecule has 1 heterocycles. The van der Waals surface area contributed by atoms with Crippen molar-refractivity contribution in [3.63, 3.8) is 0 Å². The Kier molecular flexibility index (Phi) is 2.44. The first-order valence-electron chi connectivity index (χ1n) is 6.16. The Hall–Kier alpha value is -1.35. The predicted molar refractivity (Wildman–Crippen MR) is 64.2 cm³/mol.